The van der Waals surface area contributed by atoms with Crippen molar-refractivity contribution in [3.63, 3.8) is 0 Å². The normalized spacial score (nSPS) is 10.2. The van der Waals surface area contributed by atoms with Crippen molar-refractivity contribution in [1.82, 2.24) is 5.43 Å². The molecule has 0 saturated carbocycles. The fourth-order valence-electron chi connectivity index (χ4n) is 2.44. The molecule has 0 radical (unpaired) electrons. The van der Waals surface area contributed by atoms with Crippen LogP contribution in [0, 0.1) is 11.3 Å². The summed E-state index contributed by atoms with van der Waals surface area (Å²) in [7, 11) is 0. The average molecular weight is 447 g/mol. The zero-order valence-electron chi connectivity index (χ0n) is 16.4. The van der Waals surface area contributed by atoms with Crippen LogP contribution < -0.4 is 15.5 Å². The Hall–Kier alpha value is -4.48. The number of esters is 1. The summed E-state index contributed by atoms with van der Waals surface area (Å²) in [6.07, 6.45) is 1.30. The van der Waals surface area contributed by atoms with Crippen LogP contribution in [0.3, 0.4) is 0 Å². The van der Waals surface area contributed by atoms with Crippen molar-refractivity contribution in [2.24, 2.45) is 5.10 Å². The SMILES string of the molecule is N#Cc1ccc(NC(=O)C(=O)N/N=C/c2cccc(OC(=O)c3ccc(Cl)cc3)c2)cc1. The van der Waals surface area contributed by atoms with Crippen LogP contribution >= 0.6 is 11.6 Å². The molecule has 3 aromatic carbocycles. The van der Waals surface area contributed by atoms with Gasteiger partial charge in [0, 0.05) is 10.7 Å². The van der Waals surface area contributed by atoms with Crippen LogP contribution in [0.4, 0.5) is 5.69 Å². The summed E-state index contributed by atoms with van der Waals surface area (Å²) in [6.45, 7) is 0. The van der Waals surface area contributed by atoms with E-state index in [-0.39, 0.29) is 5.75 Å². The molecule has 9 heteroatoms. The average Bonchev–Trinajstić information content (AvgIpc) is 2.80. The second-order valence-corrected chi connectivity index (χ2v) is 6.75. The number of ether oxygens (including phenoxy) is 1. The van der Waals surface area contributed by atoms with Crippen LogP contribution in [-0.4, -0.2) is 24.0 Å². The Morgan fingerprint density at radius 1 is 0.969 bits per heavy atom. The lowest BCUT2D eigenvalue weighted by molar-refractivity contribution is -0.136. The number of nitrogens with one attached hydrogen (secondary N) is 2. The van der Waals surface area contributed by atoms with Crippen LogP contribution in [0.5, 0.6) is 5.75 Å². The number of halogens is 1. The second-order valence-electron chi connectivity index (χ2n) is 6.31. The quantitative estimate of drug-likeness (QED) is 0.204. The standard InChI is InChI=1S/C23H15ClN4O4/c24-18-8-6-17(7-9-18)23(31)32-20-3-1-2-16(12-20)14-26-28-22(30)21(29)27-19-10-4-15(13-25)5-11-19/h1-12,14H,(H,27,29)(H,28,30)/b26-14+. The van der Waals surface area contributed by atoms with E-state index >= 15 is 0 Å². The maximum absolute atomic E-state index is 12.2. The molecule has 0 unspecified atom stereocenters. The molecule has 8 nitrogen and oxygen atoms in total. The lowest BCUT2D eigenvalue weighted by Gasteiger charge is -2.05. The number of carbonyl (C=O) groups excluding carboxylic acids is 3. The van der Waals surface area contributed by atoms with E-state index in [9.17, 15) is 14.4 Å². The van der Waals surface area contributed by atoms with Gasteiger partial charge in [0.1, 0.15) is 5.75 Å². The third-order valence-electron chi connectivity index (χ3n) is 4.01. The first-order chi connectivity index (χ1) is 15.4. The molecule has 0 spiro atoms. The van der Waals surface area contributed by atoms with Crippen LogP contribution in [0.2, 0.25) is 5.02 Å². The van der Waals surface area contributed by atoms with Gasteiger partial charge in [-0.1, -0.05) is 23.7 Å². The first-order valence-corrected chi connectivity index (χ1v) is 9.55. The molecule has 32 heavy (non-hydrogen) atoms. The van der Waals surface area contributed by atoms with Gasteiger partial charge in [-0.2, -0.15) is 10.4 Å². The van der Waals surface area contributed by atoms with E-state index in [0.29, 0.717) is 27.4 Å². The van der Waals surface area contributed by atoms with Crippen molar-refractivity contribution in [3.8, 4) is 11.8 Å². The molecule has 0 fully saturated rings. The molecule has 0 aliphatic rings. The molecule has 158 valence electrons. The van der Waals surface area contributed by atoms with Crippen LogP contribution in [0.25, 0.3) is 0 Å². The predicted molar refractivity (Wildman–Crippen MR) is 118 cm³/mol. The summed E-state index contributed by atoms with van der Waals surface area (Å²) in [5.41, 5.74) is 3.77. The lowest BCUT2D eigenvalue weighted by atomic mass is 10.2. The third-order valence-corrected chi connectivity index (χ3v) is 4.26. The summed E-state index contributed by atoms with van der Waals surface area (Å²) in [6, 6.07) is 20.7. The molecule has 0 bridgehead atoms. The highest BCUT2D eigenvalue weighted by Crippen LogP contribution is 2.16. The van der Waals surface area contributed by atoms with Gasteiger partial charge >= 0.3 is 17.8 Å². The highest BCUT2D eigenvalue weighted by Gasteiger charge is 2.13. The number of hydrogen-bond acceptors (Lipinski definition) is 6. The lowest BCUT2D eigenvalue weighted by Crippen LogP contribution is -2.32. The molecule has 2 N–H and O–H groups in total. The topological polar surface area (TPSA) is 121 Å². The number of rotatable bonds is 5. The molecule has 0 atom stereocenters. The minimum Gasteiger partial charge on any atom is -0.423 e. The van der Waals surface area contributed by atoms with Gasteiger partial charge in [0.2, 0.25) is 0 Å². The van der Waals surface area contributed by atoms with Crippen molar-refractivity contribution in [3.05, 3.63) is 94.5 Å². The van der Waals surface area contributed by atoms with Gasteiger partial charge in [-0.3, -0.25) is 9.59 Å². The number of amides is 2. The molecule has 2 amide bonds. The molecule has 0 aliphatic carbocycles. The summed E-state index contributed by atoms with van der Waals surface area (Å²) < 4.78 is 5.31. The molecule has 0 aliphatic heterocycles. The van der Waals surface area contributed by atoms with E-state index in [0.717, 1.165) is 0 Å². The Labute approximate surface area is 188 Å². The molecular weight excluding hydrogens is 432 g/mol. The maximum Gasteiger partial charge on any atom is 0.343 e. The maximum atomic E-state index is 12.2. The van der Waals surface area contributed by atoms with E-state index in [4.69, 9.17) is 21.6 Å². The van der Waals surface area contributed by atoms with E-state index in [2.05, 4.69) is 15.8 Å². The monoisotopic (exact) mass is 446 g/mol. The van der Waals surface area contributed by atoms with E-state index < -0.39 is 17.8 Å². The Bertz CT molecular complexity index is 1220. The molecule has 0 saturated heterocycles. The predicted octanol–water partition coefficient (Wildman–Crippen LogP) is 3.52. The Balaban J connectivity index is 1.55. The van der Waals surface area contributed by atoms with E-state index in [1.54, 1.807) is 48.5 Å². The summed E-state index contributed by atoms with van der Waals surface area (Å²) in [4.78, 5) is 36.0. The minimum atomic E-state index is -0.976. The zero-order valence-corrected chi connectivity index (χ0v) is 17.2. The highest BCUT2D eigenvalue weighted by molar-refractivity contribution is 6.39. The number of hydrazone groups is 1. The van der Waals surface area contributed by atoms with E-state index in [1.807, 2.05) is 6.07 Å². The smallest absolute Gasteiger partial charge is 0.343 e. The summed E-state index contributed by atoms with van der Waals surface area (Å²) >= 11 is 5.81. The Morgan fingerprint density at radius 3 is 2.38 bits per heavy atom. The van der Waals surface area contributed by atoms with Crippen molar-refractivity contribution in [1.29, 1.82) is 5.26 Å². The zero-order chi connectivity index (χ0) is 22.9. The van der Waals surface area contributed by atoms with Crippen molar-refractivity contribution in [2.75, 3.05) is 5.32 Å². The van der Waals surface area contributed by atoms with Crippen molar-refractivity contribution < 1.29 is 19.1 Å². The number of benzene rings is 3. The Morgan fingerprint density at radius 2 is 1.69 bits per heavy atom. The van der Waals surface area contributed by atoms with Gasteiger partial charge in [-0.25, -0.2) is 10.2 Å². The summed E-state index contributed by atoms with van der Waals surface area (Å²) in [5, 5.41) is 15.4. The van der Waals surface area contributed by atoms with Crippen LogP contribution in [-0.2, 0) is 9.59 Å². The van der Waals surface area contributed by atoms with Gasteiger partial charge in [-0.05, 0) is 66.2 Å². The molecular formula is C23H15ClN4O4. The largest absolute Gasteiger partial charge is 0.423 e. The number of nitrogens with zero attached hydrogens (tertiary/aromatic N) is 2. The number of nitriles is 1. The Kier molecular flexibility index (Phi) is 7.30. The summed E-state index contributed by atoms with van der Waals surface area (Å²) in [5.74, 6) is -2.17. The van der Waals surface area contributed by atoms with E-state index in [1.165, 1.54) is 30.5 Å². The van der Waals surface area contributed by atoms with Crippen molar-refractivity contribution >= 4 is 41.3 Å². The molecule has 0 heterocycles. The van der Waals surface area contributed by atoms with Gasteiger partial charge in [-0.15, -0.1) is 0 Å². The molecule has 3 aromatic rings. The first kappa shape index (κ1) is 22.2. The highest BCUT2D eigenvalue weighted by atomic mass is 35.5. The van der Waals surface area contributed by atoms with Crippen LogP contribution in [0.15, 0.2) is 77.9 Å². The fraction of sp³-hybridized carbons (Fsp3) is 0. The minimum absolute atomic E-state index is 0.277. The number of hydrogen-bond donors (Lipinski definition) is 2. The van der Waals surface area contributed by atoms with Gasteiger partial charge in [0.05, 0.1) is 23.4 Å². The fourth-order valence-corrected chi connectivity index (χ4v) is 2.57. The second kappa shape index (κ2) is 10.5. The van der Waals surface area contributed by atoms with Gasteiger partial charge in [0.15, 0.2) is 0 Å². The van der Waals surface area contributed by atoms with Crippen molar-refractivity contribution in [2.45, 2.75) is 0 Å². The van der Waals surface area contributed by atoms with Gasteiger partial charge < -0.3 is 10.1 Å². The number of carbonyl (C=O) groups is 3. The van der Waals surface area contributed by atoms with Crippen LogP contribution in [0.1, 0.15) is 21.5 Å². The van der Waals surface area contributed by atoms with Gasteiger partial charge in [0.25, 0.3) is 0 Å². The first-order valence-electron chi connectivity index (χ1n) is 9.17. The third kappa shape index (κ3) is 6.26. The molecule has 3 rings (SSSR count). The number of anilines is 1. The molecule has 0 aromatic heterocycles.